The minimum Gasteiger partial charge on any atom is -0.366 e. The van der Waals surface area contributed by atoms with Crippen molar-refractivity contribution in [3.8, 4) is 0 Å². The highest BCUT2D eigenvalue weighted by Crippen LogP contribution is 2.21. The van der Waals surface area contributed by atoms with E-state index in [4.69, 9.17) is 5.73 Å². The van der Waals surface area contributed by atoms with E-state index in [-0.39, 0.29) is 17.0 Å². The van der Waals surface area contributed by atoms with Crippen molar-refractivity contribution < 1.29 is 8.42 Å². The Balaban J connectivity index is 2.09. The second-order valence-corrected chi connectivity index (χ2v) is 7.52. The maximum atomic E-state index is 11.9. The average molecular weight is 298 g/mol. The second-order valence-electron chi connectivity index (χ2n) is 5.37. The zero-order valence-electron chi connectivity index (χ0n) is 11.9. The van der Waals surface area contributed by atoms with Crippen LogP contribution in [0.25, 0.3) is 0 Å². The fourth-order valence-electron chi connectivity index (χ4n) is 2.36. The molecule has 1 aromatic heterocycles. The molecule has 6 nitrogen and oxygen atoms in total. The van der Waals surface area contributed by atoms with E-state index in [2.05, 4.69) is 10.3 Å². The van der Waals surface area contributed by atoms with Gasteiger partial charge in [0, 0.05) is 32.4 Å². The third-order valence-electron chi connectivity index (χ3n) is 3.67. The molecular weight excluding hydrogens is 276 g/mol. The van der Waals surface area contributed by atoms with Crippen LogP contribution in [-0.4, -0.2) is 43.9 Å². The van der Waals surface area contributed by atoms with Crippen LogP contribution in [0.3, 0.4) is 0 Å². The third-order valence-corrected chi connectivity index (χ3v) is 5.47. The van der Waals surface area contributed by atoms with Gasteiger partial charge < -0.3 is 11.1 Å². The molecule has 0 aromatic carbocycles. The molecule has 0 bridgehead atoms. The monoisotopic (exact) mass is 298 g/mol. The van der Waals surface area contributed by atoms with E-state index < -0.39 is 10.0 Å². The van der Waals surface area contributed by atoms with Crippen molar-refractivity contribution in [1.29, 1.82) is 0 Å². The Bertz CT molecular complexity index is 542. The van der Waals surface area contributed by atoms with Gasteiger partial charge in [-0.05, 0) is 25.0 Å². The molecule has 0 aliphatic heterocycles. The third kappa shape index (κ3) is 3.28. The number of nitrogens with two attached hydrogens (primary N) is 1. The lowest BCUT2D eigenvalue weighted by Crippen LogP contribution is -2.42. The van der Waals surface area contributed by atoms with E-state index in [0.717, 1.165) is 12.8 Å². The molecule has 1 aromatic rings. The Morgan fingerprint density at radius 2 is 2.00 bits per heavy atom. The molecule has 0 amide bonds. The number of rotatable bonds is 4. The molecule has 0 radical (unpaired) electrons. The summed E-state index contributed by atoms with van der Waals surface area (Å²) in [5.41, 5.74) is 6.07. The smallest absolute Gasteiger partial charge is 0.244 e. The first-order chi connectivity index (χ1) is 9.41. The number of nitrogens with one attached hydrogen (secondary N) is 1. The van der Waals surface area contributed by atoms with Gasteiger partial charge in [-0.3, -0.25) is 0 Å². The zero-order chi connectivity index (χ0) is 14.8. The van der Waals surface area contributed by atoms with Crippen molar-refractivity contribution in [2.45, 2.75) is 42.7 Å². The van der Waals surface area contributed by atoms with Crippen molar-refractivity contribution in [2.24, 2.45) is 5.73 Å². The predicted octanol–water partition coefficient (Wildman–Crippen LogP) is 1.01. The Kier molecular flexibility index (Phi) is 4.62. The summed E-state index contributed by atoms with van der Waals surface area (Å²) in [7, 11) is -0.414. The van der Waals surface area contributed by atoms with Crippen LogP contribution >= 0.6 is 0 Å². The molecule has 1 fully saturated rings. The highest BCUT2D eigenvalue weighted by atomic mass is 32.2. The van der Waals surface area contributed by atoms with Crippen LogP contribution < -0.4 is 11.1 Å². The summed E-state index contributed by atoms with van der Waals surface area (Å²) >= 11 is 0. The SMILES string of the molecule is CN(C)S(=O)(=O)c1ccc(NC2CCCCC2N)nc1. The van der Waals surface area contributed by atoms with Crippen molar-refractivity contribution in [1.82, 2.24) is 9.29 Å². The molecule has 1 aliphatic carbocycles. The van der Waals surface area contributed by atoms with Crippen molar-refractivity contribution in [3.63, 3.8) is 0 Å². The normalized spacial score (nSPS) is 23.8. The molecule has 0 saturated heterocycles. The van der Waals surface area contributed by atoms with Gasteiger partial charge in [-0.25, -0.2) is 17.7 Å². The number of sulfonamides is 1. The average Bonchev–Trinajstić information content (AvgIpc) is 2.42. The molecule has 0 spiro atoms. The van der Waals surface area contributed by atoms with Gasteiger partial charge in [0.1, 0.15) is 10.7 Å². The van der Waals surface area contributed by atoms with Crippen molar-refractivity contribution in [3.05, 3.63) is 18.3 Å². The standard InChI is InChI=1S/C13H22N4O2S/c1-17(2)20(18,19)10-7-8-13(15-9-10)16-12-6-4-3-5-11(12)14/h7-9,11-12H,3-6,14H2,1-2H3,(H,15,16). The van der Waals surface area contributed by atoms with E-state index in [1.807, 2.05) is 0 Å². The summed E-state index contributed by atoms with van der Waals surface area (Å²) in [6.45, 7) is 0. The quantitative estimate of drug-likeness (QED) is 0.866. The zero-order valence-corrected chi connectivity index (χ0v) is 12.7. The van der Waals surface area contributed by atoms with Crippen LogP contribution in [0.15, 0.2) is 23.2 Å². The van der Waals surface area contributed by atoms with E-state index in [9.17, 15) is 8.42 Å². The fourth-order valence-corrected chi connectivity index (χ4v) is 3.21. The van der Waals surface area contributed by atoms with Crippen molar-refractivity contribution in [2.75, 3.05) is 19.4 Å². The fraction of sp³-hybridized carbons (Fsp3) is 0.615. The molecule has 112 valence electrons. The first-order valence-corrected chi connectivity index (χ1v) is 8.26. The molecule has 7 heteroatoms. The maximum Gasteiger partial charge on any atom is 0.244 e. The van der Waals surface area contributed by atoms with Crippen molar-refractivity contribution >= 4 is 15.8 Å². The first kappa shape index (κ1) is 15.2. The lowest BCUT2D eigenvalue weighted by atomic mass is 9.91. The van der Waals surface area contributed by atoms with E-state index in [1.54, 1.807) is 12.1 Å². The largest absolute Gasteiger partial charge is 0.366 e. The van der Waals surface area contributed by atoms with E-state index >= 15 is 0 Å². The van der Waals surface area contributed by atoms with Gasteiger partial charge in [-0.1, -0.05) is 12.8 Å². The lowest BCUT2D eigenvalue weighted by molar-refractivity contribution is 0.403. The lowest BCUT2D eigenvalue weighted by Gasteiger charge is -2.29. The van der Waals surface area contributed by atoms with Gasteiger partial charge >= 0.3 is 0 Å². The highest BCUT2D eigenvalue weighted by molar-refractivity contribution is 7.89. The second kappa shape index (κ2) is 6.07. The summed E-state index contributed by atoms with van der Waals surface area (Å²) in [6, 6.07) is 3.61. The topological polar surface area (TPSA) is 88.3 Å². The molecule has 1 heterocycles. The maximum absolute atomic E-state index is 11.9. The number of hydrogen-bond acceptors (Lipinski definition) is 5. The van der Waals surface area contributed by atoms with Crippen LogP contribution in [0, 0.1) is 0 Å². The number of hydrogen-bond donors (Lipinski definition) is 2. The Morgan fingerprint density at radius 1 is 1.30 bits per heavy atom. The Hall–Kier alpha value is -1.18. The molecule has 1 aliphatic rings. The van der Waals surface area contributed by atoms with Gasteiger partial charge in [-0.15, -0.1) is 0 Å². The minimum atomic E-state index is -3.42. The summed E-state index contributed by atoms with van der Waals surface area (Å²) in [4.78, 5) is 4.38. The number of anilines is 1. The summed E-state index contributed by atoms with van der Waals surface area (Å²) < 4.78 is 25.0. The molecule has 2 atom stereocenters. The summed E-state index contributed by atoms with van der Waals surface area (Å²) in [5.74, 6) is 0.671. The molecule has 1 saturated carbocycles. The van der Waals surface area contributed by atoms with Gasteiger partial charge in [-0.2, -0.15) is 0 Å². The van der Waals surface area contributed by atoms with Gasteiger partial charge in [0.25, 0.3) is 0 Å². The number of aromatic nitrogens is 1. The van der Waals surface area contributed by atoms with Crippen LogP contribution in [-0.2, 0) is 10.0 Å². The Morgan fingerprint density at radius 3 is 2.55 bits per heavy atom. The van der Waals surface area contributed by atoms with E-state index in [1.165, 1.54) is 37.4 Å². The van der Waals surface area contributed by atoms with Crippen LogP contribution in [0.1, 0.15) is 25.7 Å². The van der Waals surface area contributed by atoms with Gasteiger partial charge in [0.2, 0.25) is 10.0 Å². The molecule has 20 heavy (non-hydrogen) atoms. The molecule has 3 N–H and O–H groups in total. The van der Waals surface area contributed by atoms with Crippen LogP contribution in [0.4, 0.5) is 5.82 Å². The summed E-state index contributed by atoms with van der Waals surface area (Å²) in [6.07, 6.45) is 5.77. The predicted molar refractivity (Wildman–Crippen MR) is 79.0 cm³/mol. The number of nitrogens with zero attached hydrogens (tertiary/aromatic N) is 2. The van der Waals surface area contributed by atoms with Gasteiger partial charge in [0.05, 0.1) is 0 Å². The highest BCUT2D eigenvalue weighted by Gasteiger charge is 2.22. The van der Waals surface area contributed by atoms with Gasteiger partial charge in [0.15, 0.2) is 0 Å². The number of pyridine rings is 1. The molecule has 2 unspecified atom stereocenters. The van der Waals surface area contributed by atoms with E-state index in [0.29, 0.717) is 5.82 Å². The summed E-state index contributed by atoms with van der Waals surface area (Å²) in [5, 5.41) is 3.29. The molecule has 2 rings (SSSR count). The first-order valence-electron chi connectivity index (χ1n) is 6.82. The van der Waals surface area contributed by atoms with Crippen LogP contribution in [0.5, 0.6) is 0 Å². The van der Waals surface area contributed by atoms with Crippen LogP contribution in [0.2, 0.25) is 0 Å². The molecular formula is C13H22N4O2S. The Labute approximate surface area is 120 Å². The minimum absolute atomic E-state index is 0.135.